The van der Waals surface area contributed by atoms with Crippen LogP contribution in [-0.4, -0.2) is 49.8 Å². The minimum atomic E-state index is -4.83. The molecule has 2 aromatic heterocycles. The van der Waals surface area contributed by atoms with Crippen molar-refractivity contribution in [2.75, 3.05) is 25.4 Å². The van der Waals surface area contributed by atoms with Crippen LogP contribution in [0.4, 0.5) is 19.0 Å². The Morgan fingerprint density at radius 2 is 1.97 bits per heavy atom. The standard InChI is InChI=1S/C19H22F3IN5O2/c1-9(2)28-14(17-11-6-27(7-12(11)17)16-8-29-23-16)4-13(26-28)10-3-15(18(24)25-5-10)30-19(20,21)22/h3-5,9,11-12,16-17H,6-8H2,1-2H3,(H2,24,25)/q-1. The summed E-state index contributed by atoms with van der Waals surface area (Å²) < 4.78 is 50.1. The Morgan fingerprint density at radius 1 is 1.27 bits per heavy atom. The summed E-state index contributed by atoms with van der Waals surface area (Å²) in [5, 5.41) is 4.69. The quantitative estimate of drug-likeness (QED) is 0.330. The van der Waals surface area contributed by atoms with Gasteiger partial charge in [0.05, 0.1) is 0 Å². The molecule has 3 unspecified atom stereocenters. The van der Waals surface area contributed by atoms with Gasteiger partial charge < -0.3 is 5.73 Å². The van der Waals surface area contributed by atoms with Crippen molar-refractivity contribution in [3.63, 3.8) is 0 Å². The average Bonchev–Trinajstić information content (AvgIpc) is 2.97. The summed E-state index contributed by atoms with van der Waals surface area (Å²) in [5.41, 5.74) is 7.74. The fourth-order valence-corrected chi connectivity index (χ4v) is 5.98. The number of nitrogens with zero attached hydrogens (tertiary/aromatic N) is 4. The third-order valence-corrected chi connectivity index (χ3v) is 8.44. The predicted octanol–water partition coefficient (Wildman–Crippen LogP) is 0.0123. The number of likely N-dealkylation sites (tertiary alicyclic amines) is 1. The molecule has 30 heavy (non-hydrogen) atoms. The number of hydrogen-bond acceptors (Lipinski definition) is 6. The number of anilines is 1. The van der Waals surface area contributed by atoms with Gasteiger partial charge in [-0.3, -0.25) is 0 Å². The van der Waals surface area contributed by atoms with Crippen molar-refractivity contribution in [2.45, 2.75) is 36.2 Å². The predicted molar refractivity (Wildman–Crippen MR) is 98.0 cm³/mol. The molecule has 0 bridgehead atoms. The van der Waals surface area contributed by atoms with Crippen LogP contribution >= 0.6 is 0 Å². The molecule has 4 heterocycles. The van der Waals surface area contributed by atoms with Gasteiger partial charge in [0, 0.05) is 0 Å². The topological polar surface area (TPSA) is 78.4 Å². The number of pyridine rings is 1. The van der Waals surface area contributed by atoms with Crippen molar-refractivity contribution in [3.05, 3.63) is 24.0 Å². The van der Waals surface area contributed by atoms with Crippen LogP contribution in [0.2, 0.25) is 0 Å². The molecule has 2 aromatic rings. The molecule has 164 valence electrons. The van der Waals surface area contributed by atoms with Crippen molar-refractivity contribution in [1.82, 2.24) is 19.7 Å². The van der Waals surface area contributed by atoms with Gasteiger partial charge in [-0.1, -0.05) is 0 Å². The molecule has 2 aliphatic heterocycles. The molecule has 0 aromatic carbocycles. The zero-order valence-electron chi connectivity index (χ0n) is 16.4. The van der Waals surface area contributed by atoms with Crippen LogP contribution in [-0.2, 0) is 3.07 Å². The summed E-state index contributed by atoms with van der Waals surface area (Å²) in [4.78, 5) is 6.43. The monoisotopic (exact) mass is 536 g/mol. The molecule has 2 N–H and O–H groups in total. The molecule has 1 aliphatic carbocycles. The van der Waals surface area contributed by atoms with E-state index in [-0.39, 0.29) is 33.5 Å². The summed E-state index contributed by atoms with van der Waals surface area (Å²) >= 11 is -0.117. The Bertz CT molecular complexity index is 950. The van der Waals surface area contributed by atoms with E-state index in [1.54, 1.807) is 0 Å². The average molecular weight is 536 g/mol. The van der Waals surface area contributed by atoms with Gasteiger partial charge in [0.15, 0.2) is 0 Å². The number of alkyl halides is 4. The third-order valence-electron chi connectivity index (χ3n) is 5.98. The van der Waals surface area contributed by atoms with E-state index in [0.717, 1.165) is 25.4 Å². The van der Waals surface area contributed by atoms with Gasteiger partial charge in [0.1, 0.15) is 0 Å². The second-order valence-electron chi connectivity index (χ2n) is 8.25. The Labute approximate surface area is 182 Å². The number of nitrogen functional groups attached to an aromatic ring is 1. The number of ether oxygens (including phenoxy) is 1. The van der Waals surface area contributed by atoms with Crippen LogP contribution in [0.1, 0.15) is 31.5 Å². The van der Waals surface area contributed by atoms with Crippen molar-refractivity contribution < 1.29 is 42.6 Å². The first-order chi connectivity index (χ1) is 14.2. The van der Waals surface area contributed by atoms with Gasteiger partial charge in [0.25, 0.3) is 0 Å². The summed E-state index contributed by atoms with van der Waals surface area (Å²) in [6.07, 6.45) is -3.40. The maximum absolute atomic E-state index is 12.7. The van der Waals surface area contributed by atoms with Gasteiger partial charge in [-0.05, 0) is 0 Å². The first-order valence-electron chi connectivity index (χ1n) is 9.81. The van der Waals surface area contributed by atoms with E-state index in [4.69, 9.17) is 8.80 Å². The second-order valence-corrected chi connectivity index (χ2v) is 10.8. The van der Waals surface area contributed by atoms with Gasteiger partial charge in [0.2, 0.25) is 0 Å². The molecule has 2 saturated heterocycles. The molecule has 0 radical (unpaired) electrons. The van der Waals surface area contributed by atoms with Gasteiger partial charge >= 0.3 is 164 Å². The maximum atomic E-state index is 12.7. The molecule has 3 atom stereocenters. The number of nitrogens with two attached hydrogens (primary N) is 1. The van der Waals surface area contributed by atoms with Crippen molar-refractivity contribution in [1.29, 1.82) is 0 Å². The van der Waals surface area contributed by atoms with E-state index in [2.05, 4.69) is 33.6 Å². The van der Waals surface area contributed by atoms with Crippen LogP contribution in [0, 0.1) is 11.8 Å². The molecule has 0 spiro atoms. The molecular weight excluding hydrogens is 514 g/mol. The molecule has 11 heteroatoms. The van der Waals surface area contributed by atoms with Crippen LogP contribution in [0.3, 0.4) is 0 Å². The molecule has 5 rings (SSSR count). The van der Waals surface area contributed by atoms with E-state index < -0.39 is 12.1 Å². The van der Waals surface area contributed by atoms with Gasteiger partial charge in [-0.25, -0.2) is 0 Å². The van der Waals surface area contributed by atoms with Gasteiger partial charge in [-0.2, -0.15) is 0 Å². The fraction of sp³-hybridized carbons (Fsp3) is 0.579. The summed E-state index contributed by atoms with van der Waals surface area (Å²) in [6, 6.07) is 3.38. The Balaban J connectivity index is 1.40. The zero-order valence-corrected chi connectivity index (χ0v) is 18.6. The Hall–Kier alpha value is -1.60. The van der Waals surface area contributed by atoms with Crippen LogP contribution in [0.15, 0.2) is 18.3 Å². The van der Waals surface area contributed by atoms with Crippen LogP contribution in [0.5, 0.6) is 5.75 Å². The van der Waals surface area contributed by atoms with E-state index in [1.165, 1.54) is 12.3 Å². The number of halogens is 4. The molecule has 1 saturated carbocycles. The molecule has 3 fully saturated rings. The Kier molecular flexibility index (Phi) is 4.89. The molecule has 0 amide bonds. The van der Waals surface area contributed by atoms with Crippen LogP contribution < -0.4 is 32.1 Å². The van der Waals surface area contributed by atoms with Crippen LogP contribution in [0.25, 0.3) is 11.3 Å². The minimum absolute atomic E-state index is 0.117. The number of rotatable bonds is 5. The summed E-state index contributed by atoms with van der Waals surface area (Å²) in [6.45, 7) is 7.17. The van der Waals surface area contributed by atoms with Crippen molar-refractivity contribution in [2.24, 2.45) is 11.8 Å². The second kappa shape index (κ2) is 7.23. The first-order valence-corrected chi connectivity index (χ1v) is 11.9. The number of piperidine rings is 1. The molecular formula is C19H22F3IN5O2-. The van der Waals surface area contributed by atoms with E-state index in [0.29, 0.717) is 33.1 Å². The molecule has 3 aliphatic rings. The summed E-state index contributed by atoms with van der Waals surface area (Å²) in [5.74, 6) is 0.858. The Morgan fingerprint density at radius 3 is 2.53 bits per heavy atom. The van der Waals surface area contributed by atoms with Crippen molar-refractivity contribution in [3.8, 4) is 17.0 Å². The SMILES string of the molecule is CC(C)n1nc(-c2cnc(N)c(OC(F)(F)F)c2)cc1C1C2CN(C3CO[I-]3)CC21. The number of aromatic nitrogens is 3. The first kappa shape index (κ1) is 20.3. The summed E-state index contributed by atoms with van der Waals surface area (Å²) in [7, 11) is 0. The third kappa shape index (κ3) is 3.64. The number of hydrogen-bond donors (Lipinski definition) is 1. The van der Waals surface area contributed by atoms with E-state index in [9.17, 15) is 13.2 Å². The van der Waals surface area contributed by atoms with Crippen molar-refractivity contribution >= 4 is 5.82 Å². The fourth-order valence-electron chi connectivity index (χ4n) is 4.52. The number of fused-ring (bicyclic) bond motifs is 1. The normalized spacial score (nSPS) is 28.7. The zero-order chi connectivity index (χ0) is 21.2. The van der Waals surface area contributed by atoms with E-state index >= 15 is 0 Å². The van der Waals surface area contributed by atoms with Gasteiger partial charge in [-0.15, -0.1) is 13.2 Å². The van der Waals surface area contributed by atoms with E-state index in [1.807, 2.05) is 10.7 Å². The molecule has 7 nitrogen and oxygen atoms in total.